The average molecular weight is 612 g/mol. The van der Waals surface area contributed by atoms with Gasteiger partial charge in [-0.3, -0.25) is 0 Å². The van der Waals surface area contributed by atoms with Crippen LogP contribution in [0.5, 0.6) is 0 Å². The van der Waals surface area contributed by atoms with Gasteiger partial charge in [-0.2, -0.15) is 11.8 Å². The SMILES string of the molecule is CCC(CC)c1ccc(N(Cc2nc(-c3ccc(CSC[C@H](NC(=O)OC(C)(C)C)C(=O)O)cc3)cs2)C(C)C)cc1. The van der Waals surface area contributed by atoms with Crippen LogP contribution in [0.25, 0.3) is 11.3 Å². The maximum absolute atomic E-state index is 12.0. The zero-order valence-corrected chi connectivity index (χ0v) is 27.5. The number of hydrogen-bond donors (Lipinski definition) is 2. The van der Waals surface area contributed by atoms with Crippen LogP contribution in [0.2, 0.25) is 0 Å². The molecular formula is C33H45N3O4S2. The second-order valence-corrected chi connectivity index (χ2v) is 13.7. The first kappa shape index (κ1) is 33.5. The van der Waals surface area contributed by atoms with Crippen LogP contribution in [0.4, 0.5) is 10.5 Å². The summed E-state index contributed by atoms with van der Waals surface area (Å²) in [6, 6.07) is 16.5. The molecule has 228 valence electrons. The van der Waals surface area contributed by atoms with Crippen molar-refractivity contribution in [3.05, 3.63) is 70.0 Å². The van der Waals surface area contributed by atoms with Crippen LogP contribution in [0, 0.1) is 0 Å². The van der Waals surface area contributed by atoms with E-state index in [0.717, 1.165) is 41.2 Å². The minimum Gasteiger partial charge on any atom is -0.480 e. The molecule has 0 fully saturated rings. The number of rotatable bonds is 14. The van der Waals surface area contributed by atoms with Gasteiger partial charge in [-0.1, -0.05) is 50.2 Å². The number of ether oxygens (including phenoxy) is 1. The lowest BCUT2D eigenvalue weighted by Crippen LogP contribution is -2.44. The third-order valence-electron chi connectivity index (χ3n) is 6.95. The number of anilines is 1. The summed E-state index contributed by atoms with van der Waals surface area (Å²) >= 11 is 3.13. The molecule has 9 heteroatoms. The number of aromatic nitrogens is 1. The molecule has 0 spiro atoms. The van der Waals surface area contributed by atoms with Crippen LogP contribution in [0.3, 0.4) is 0 Å². The van der Waals surface area contributed by atoms with Gasteiger partial charge >= 0.3 is 12.1 Å². The Hall–Kier alpha value is -3.04. The van der Waals surface area contributed by atoms with Gasteiger partial charge in [0.15, 0.2) is 0 Å². The fraction of sp³-hybridized carbons (Fsp3) is 0.485. The Balaban J connectivity index is 1.58. The van der Waals surface area contributed by atoms with Gasteiger partial charge in [-0.25, -0.2) is 14.6 Å². The molecule has 0 aliphatic rings. The molecule has 3 rings (SSSR count). The van der Waals surface area contributed by atoms with Gasteiger partial charge < -0.3 is 20.1 Å². The van der Waals surface area contributed by atoms with Gasteiger partial charge in [0.2, 0.25) is 0 Å². The number of thiazole rings is 1. The van der Waals surface area contributed by atoms with Crippen LogP contribution in [0.1, 0.15) is 83.4 Å². The molecule has 0 saturated carbocycles. The monoisotopic (exact) mass is 611 g/mol. The number of carboxylic acids is 1. The van der Waals surface area contributed by atoms with Crippen molar-refractivity contribution in [1.82, 2.24) is 10.3 Å². The van der Waals surface area contributed by atoms with Crippen molar-refractivity contribution in [2.75, 3.05) is 10.7 Å². The smallest absolute Gasteiger partial charge is 0.408 e. The number of hydrogen-bond acceptors (Lipinski definition) is 7. The molecule has 2 N–H and O–H groups in total. The third-order valence-corrected chi connectivity index (χ3v) is 8.89. The van der Waals surface area contributed by atoms with E-state index in [-0.39, 0.29) is 5.75 Å². The number of nitrogens with one attached hydrogen (secondary N) is 1. The Morgan fingerprint density at radius 3 is 2.24 bits per heavy atom. The number of thioether (sulfide) groups is 1. The van der Waals surface area contributed by atoms with E-state index in [2.05, 4.69) is 79.7 Å². The third kappa shape index (κ3) is 10.1. The maximum atomic E-state index is 12.0. The first-order valence-electron chi connectivity index (χ1n) is 14.6. The zero-order chi connectivity index (χ0) is 30.9. The van der Waals surface area contributed by atoms with E-state index >= 15 is 0 Å². The van der Waals surface area contributed by atoms with Crippen LogP contribution < -0.4 is 10.2 Å². The molecule has 0 aliphatic heterocycles. The van der Waals surface area contributed by atoms with Crippen molar-refractivity contribution in [3.63, 3.8) is 0 Å². The molecule has 1 aromatic heterocycles. The topological polar surface area (TPSA) is 91.8 Å². The lowest BCUT2D eigenvalue weighted by atomic mass is 9.94. The summed E-state index contributed by atoms with van der Waals surface area (Å²) in [5, 5.41) is 15.1. The number of carbonyl (C=O) groups excluding carboxylic acids is 1. The molecule has 0 saturated heterocycles. The Morgan fingerprint density at radius 1 is 1.05 bits per heavy atom. The highest BCUT2D eigenvalue weighted by molar-refractivity contribution is 7.98. The molecule has 0 bridgehead atoms. The number of carboxylic acid groups (broad SMARTS) is 1. The number of carbonyl (C=O) groups is 2. The Morgan fingerprint density at radius 2 is 1.69 bits per heavy atom. The number of aliphatic carboxylic acids is 1. The van der Waals surface area contributed by atoms with Gasteiger partial charge in [-0.15, -0.1) is 11.3 Å². The van der Waals surface area contributed by atoms with E-state index in [0.29, 0.717) is 17.7 Å². The van der Waals surface area contributed by atoms with Crippen LogP contribution in [-0.2, 0) is 21.8 Å². The van der Waals surface area contributed by atoms with E-state index in [1.807, 2.05) is 12.1 Å². The van der Waals surface area contributed by atoms with Gasteiger partial charge in [0.05, 0.1) is 12.2 Å². The molecule has 42 heavy (non-hydrogen) atoms. The number of alkyl carbamates (subject to hydrolysis) is 1. The molecule has 1 amide bonds. The number of benzene rings is 2. The summed E-state index contributed by atoms with van der Waals surface area (Å²) in [5.74, 6) is 0.388. The standard InChI is InChI=1S/C33H45N3O4S2/c1-8-24(9-2)25-14-16-27(17-15-25)36(22(3)4)18-30-34-28(21-42-30)26-12-10-23(11-13-26)19-41-20-29(31(37)38)35-32(39)40-33(5,6)7/h10-17,21-22,24,29H,8-9,18-20H2,1-7H3,(H,35,39)(H,37,38)/t29-/m0/s1. The minimum absolute atomic E-state index is 0.235. The number of nitrogens with zero attached hydrogens (tertiary/aromatic N) is 2. The normalized spacial score (nSPS) is 12.4. The molecule has 0 aliphatic carbocycles. The van der Waals surface area contributed by atoms with Crippen LogP contribution in [0.15, 0.2) is 53.9 Å². The van der Waals surface area contributed by atoms with E-state index in [4.69, 9.17) is 9.72 Å². The van der Waals surface area contributed by atoms with E-state index < -0.39 is 23.7 Å². The second kappa shape index (κ2) is 15.4. The average Bonchev–Trinajstić information content (AvgIpc) is 3.40. The Bertz CT molecular complexity index is 1280. The lowest BCUT2D eigenvalue weighted by molar-refractivity contribution is -0.138. The van der Waals surface area contributed by atoms with Crippen molar-refractivity contribution >= 4 is 40.8 Å². The highest BCUT2D eigenvalue weighted by atomic mass is 32.2. The van der Waals surface area contributed by atoms with Crippen LogP contribution in [-0.4, -0.2) is 45.6 Å². The minimum atomic E-state index is -1.09. The quantitative estimate of drug-likeness (QED) is 0.189. The van der Waals surface area contributed by atoms with E-state index in [9.17, 15) is 14.7 Å². The Labute approximate surface area is 259 Å². The van der Waals surface area contributed by atoms with Gasteiger partial charge in [0.25, 0.3) is 0 Å². The zero-order valence-electron chi connectivity index (χ0n) is 25.8. The fourth-order valence-corrected chi connectivity index (χ4v) is 6.43. The molecule has 2 aromatic carbocycles. The summed E-state index contributed by atoms with van der Waals surface area (Å²) in [7, 11) is 0. The Kier molecular flexibility index (Phi) is 12.3. The number of amides is 1. The second-order valence-electron chi connectivity index (χ2n) is 11.7. The predicted molar refractivity (Wildman–Crippen MR) is 176 cm³/mol. The molecule has 1 atom stereocenters. The van der Waals surface area contributed by atoms with E-state index in [1.54, 1.807) is 32.1 Å². The maximum Gasteiger partial charge on any atom is 0.408 e. The highest BCUT2D eigenvalue weighted by Crippen LogP contribution is 2.29. The van der Waals surface area contributed by atoms with Gasteiger partial charge in [-0.05, 0) is 76.6 Å². The molecular weight excluding hydrogens is 567 g/mol. The van der Waals surface area contributed by atoms with Crippen molar-refractivity contribution in [3.8, 4) is 11.3 Å². The predicted octanol–water partition coefficient (Wildman–Crippen LogP) is 8.34. The first-order chi connectivity index (χ1) is 19.9. The van der Waals surface area contributed by atoms with E-state index in [1.165, 1.54) is 23.0 Å². The van der Waals surface area contributed by atoms with Gasteiger partial charge in [0, 0.05) is 34.2 Å². The summed E-state index contributed by atoms with van der Waals surface area (Å²) in [5.41, 5.74) is 5.01. The lowest BCUT2D eigenvalue weighted by Gasteiger charge is -2.28. The van der Waals surface area contributed by atoms with Crippen LogP contribution >= 0.6 is 23.1 Å². The molecule has 7 nitrogen and oxygen atoms in total. The van der Waals surface area contributed by atoms with Crippen molar-refractivity contribution < 1.29 is 19.4 Å². The molecule has 3 aromatic rings. The summed E-state index contributed by atoms with van der Waals surface area (Å²) in [6.45, 7) is 14.9. The van der Waals surface area contributed by atoms with Gasteiger partial charge in [0.1, 0.15) is 16.7 Å². The molecule has 0 radical (unpaired) electrons. The summed E-state index contributed by atoms with van der Waals surface area (Å²) in [4.78, 5) is 30.9. The molecule has 0 unspecified atom stereocenters. The molecule has 1 heterocycles. The van der Waals surface area contributed by atoms with Crippen molar-refractivity contribution in [2.24, 2.45) is 0 Å². The largest absolute Gasteiger partial charge is 0.480 e. The first-order valence-corrected chi connectivity index (χ1v) is 16.6. The van der Waals surface area contributed by atoms with Crippen molar-refractivity contribution in [2.45, 2.75) is 97.2 Å². The summed E-state index contributed by atoms with van der Waals surface area (Å²) in [6.07, 6.45) is 1.59. The highest BCUT2D eigenvalue weighted by Gasteiger charge is 2.24. The summed E-state index contributed by atoms with van der Waals surface area (Å²) < 4.78 is 5.18. The van der Waals surface area contributed by atoms with Crippen molar-refractivity contribution in [1.29, 1.82) is 0 Å². The fourth-order valence-electron chi connectivity index (χ4n) is 4.62.